The van der Waals surface area contributed by atoms with E-state index in [2.05, 4.69) is 36.4 Å². The van der Waals surface area contributed by atoms with E-state index in [0.29, 0.717) is 16.0 Å². The molecule has 0 fully saturated rings. The molecule has 18 heavy (non-hydrogen) atoms. The van der Waals surface area contributed by atoms with E-state index in [1.54, 1.807) is 18.3 Å². The van der Waals surface area contributed by atoms with Crippen LogP contribution in [-0.2, 0) is 0 Å². The van der Waals surface area contributed by atoms with Crippen LogP contribution in [0.15, 0.2) is 41.0 Å². The fourth-order valence-electron chi connectivity index (χ4n) is 1.65. The van der Waals surface area contributed by atoms with Crippen molar-refractivity contribution in [2.24, 2.45) is 0 Å². The van der Waals surface area contributed by atoms with Gasteiger partial charge < -0.3 is 5.32 Å². The molecule has 3 aromatic rings. The van der Waals surface area contributed by atoms with Crippen LogP contribution in [0.5, 0.6) is 0 Å². The van der Waals surface area contributed by atoms with Crippen molar-refractivity contribution in [2.45, 2.75) is 0 Å². The fourth-order valence-corrected chi connectivity index (χ4v) is 1.90. The minimum atomic E-state index is -0.326. The van der Waals surface area contributed by atoms with Crippen LogP contribution in [0.2, 0.25) is 0 Å². The molecular weight excluding hydrogens is 299 g/mol. The van der Waals surface area contributed by atoms with Gasteiger partial charge in [-0.05, 0) is 46.3 Å². The summed E-state index contributed by atoms with van der Waals surface area (Å²) in [6.45, 7) is 0. The second-order valence-electron chi connectivity index (χ2n) is 3.73. The summed E-state index contributed by atoms with van der Waals surface area (Å²) in [4.78, 5) is 4.22. The molecule has 90 valence electrons. The number of nitrogens with zero attached hydrogens (tertiary/aromatic N) is 2. The molecule has 0 aliphatic carbocycles. The number of H-pyrrole nitrogens is 1. The van der Waals surface area contributed by atoms with Crippen molar-refractivity contribution < 1.29 is 4.39 Å². The molecule has 1 aromatic carbocycles. The molecule has 0 amide bonds. The molecule has 4 nitrogen and oxygen atoms in total. The molecule has 6 heteroatoms. The maximum absolute atomic E-state index is 13.4. The fraction of sp³-hybridized carbons (Fsp3) is 0. The first kappa shape index (κ1) is 11.2. The Morgan fingerprint density at radius 3 is 3.00 bits per heavy atom. The van der Waals surface area contributed by atoms with Crippen molar-refractivity contribution in [2.75, 3.05) is 5.32 Å². The molecule has 0 aliphatic rings. The van der Waals surface area contributed by atoms with Crippen molar-refractivity contribution in [3.8, 4) is 0 Å². The number of hydrogen-bond acceptors (Lipinski definition) is 3. The first-order chi connectivity index (χ1) is 8.74. The van der Waals surface area contributed by atoms with Gasteiger partial charge in [-0.2, -0.15) is 5.10 Å². The zero-order valence-corrected chi connectivity index (χ0v) is 10.7. The molecule has 0 unspecified atom stereocenters. The van der Waals surface area contributed by atoms with Crippen molar-refractivity contribution in [3.63, 3.8) is 0 Å². The highest BCUT2D eigenvalue weighted by Crippen LogP contribution is 2.24. The van der Waals surface area contributed by atoms with E-state index in [0.717, 1.165) is 11.0 Å². The first-order valence-electron chi connectivity index (χ1n) is 5.25. The van der Waals surface area contributed by atoms with Gasteiger partial charge in [0.1, 0.15) is 11.3 Å². The number of aromatic nitrogens is 3. The summed E-state index contributed by atoms with van der Waals surface area (Å²) in [5.41, 5.74) is 2.17. The van der Waals surface area contributed by atoms with E-state index in [-0.39, 0.29) is 5.82 Å². The SMILES string of the molecule is Fc1cc(Nc2n[nH]c3cccnc23)ccc1Br. The second kappa shape index (κ2) is 4.38. The largest absolute Gasteiger partial charge is 0.337 e. The number of hydrogen-bond donors (Lipinski definition) is 2. The molecule has 3 rings (SSSR count). The summed E-state index contributed by atoms with van der Waals surface area (Å²) in [5.74, 6) is 0.250. The molecule has 2 N–H and O–H groups in total. The molecule has 0 radical (unpaired) electrons. The predicted octanol–water partition coefficient (Wildman–Crippen LogP) is 3.60. The lowest BCUT2D eigenvalue weighted by molar-refractivity contribution is 0.622. The number of benzene rings is 1. The Morgan fingerprint density at radius 1 is 1.28 bits per heavy atom. The summed E-state index contributed by atoms with van der Waals surface area (Å²) >= 11 is 3.11. The van der Waals surface area contributed by atoms with Gasteiger partial charge in [0.25, 0.3) is 0 Å². The van der Waals surface area contributed by atoms with Gasteiger partial charge in [0.05, 0.1) is 9.99 Å². The summed E-state index contributed by atoms with van der Waals surface area (Å²) in [7, 11) is 0. The number of halogens is 2. The van der Waals surface area contributed by atoms with Gasteiger partial charge in [-0.15, -0.1) is 0 Å². The van der Waals surface area contributed by atoms with Gasteiger partial charge in [0, 0.05) is 11.9 Å². The Bertz CT molecular complexity index is 710. The van der Waals surface area contributed by atoms with Crippen LogP contribution in [0, 0.1) is 5.82 Å². The Kier molecular flexibility index (Phi) is 2.71. The van der Waals surface area contributed by atoms with Gasteiger partial charge in [0.2, 0.25) is 0 Å². The molecule has 0 aliphatic heterocycles. The second-order valence-corrected chi connectivity index (χ2v) is 4.58. The summed E-state index contributed by atoms with van der Waals surface area (Å²) in [6, 6.07) is 8.50. The molecule has 2 heterocycles. The van der Waals surface area contributed by atoms with E-state index >= 15 is 0 Å². The highest BCUT2D eigenvalue weighted by atomic mass is 79.9. The summed E-state index contributed by atoms with van der Waals surface area (Å²) < 4.78 is 13.8. The topological polar surface area (TPSA) is 53.6 Å². The number of pyridine rings is 1. The van der Waals surface area contributed by atoms with Crippen LogP contribution in [-0.4, -0.2) is 15.2 Å². The Morgan fingerprint density at radius 2 is 2.17 bits per heavy atom. The summed E-state index contributed by atoms with van der Waals surface area (Å²) in [6.07, 6.45) is 1.69. The van der Waals surface area contributed by atoms with Crippen LogP contribution in [0.1, 0.15) is 0 Å². The van der Waals surface area contributed by atoms with Crippen molar-refractivity contribution in [1.29, 1.82) is 0 Å². The number of nitrogens with one attached hydrogen (secondary N) is 2. The quantitative estimate of drug-likeness (QED) is 0.760. The normalized spacial score (nSPS) is 10.8. The molecule has 0 atom stereocenters. The number of fused-ring (bicyclic) bond motifs is 1. The Hall–Kier alpha value is -1.95. The van der Waals surface area contributed by atoms with E-state index in [9.17, 15) is 4.39 Å². The predicted molar refractivity (Wildman–Crippen MR) is 71.3 cm³/mol. The van der Waals surface area contributed by atoms with Gasteiger partial charge in [-0.1, -0.05) is 0 Å². The Balaban J connectivity index is 1.98. The molecule has 0 saturated heterocycles. The number of anilines is 2. The van der Waals surface area contributed by atoms with Crippen molar-refractivity contribution >= 4 is 38.5 Å². The summed E-state index contributed by atoms with van der Waals surface area (Å²) in [5, 5.41) is 10.00. The molecule has 0 spiro atoms. The van der Waals surface area contributed by atoms with Crippen LogP contribution in [0.4, 0.5) is 15.9 Å². The molecule has 0 saturated carbocycles. The standard InChI is InChI=1S/C12H8BrFN4/c13-8-4-3-7(6-9(8)14)16-12-11-10(17-18-12)2-1-5-15-11/h1-6H,(H2,16,17,18). The maximum atomic E-state index is 13.4. The lowest BCUT2D eigenvalue weighted by Gasteiger charge is -2.03. The first-order valence-corrected chi connectivity index (χ1v) is 6.04. The van der Waals surface area contributed by atoms with E-state index in [1.807, 2.05) is 12.1 Å². The maximum Gasteiger partial charge on any atom is 0.178 e. The highest BCUT2D eigenvalue weighted by molar-refractivity contribution is 9.10. The van der Waals surface area contributed by atoms with E-state index in [1.165, 1.54) is 6.07 Å². The lowest BCUT2D eigenvalue weighted by atomic mass is 10.3. The van der Waals surface area contributed by atoms with Gasteiger partial charge in [-0.3, -0.25) is 10.1 Å². The third-order valence-corrected chi connectivity index (χ3v) is 3.15. The average Bonchev–Trinajstić information content (AvgIpc) is 2.78. The third-order valence-electron chi connectivity index (χ3n) is 2.50. The average molecular weight is 307 g/mol. The lowest BCUT2D eigenvalue weighted by Crippen LogP contribution is -1.93. The minimum Gasteiger partial charge on any atom is -0.337 e. The van der Waals surface area contributed by atoms with E-state index in [4.69, 9.17) is 0 Å². The monoisotopic (exact) mass is 306 g/mol. The number of rotatable bonds is 2. The van der Waals surface area contributed by atoms with Crippen molar-refractivity contribution in [1.82, 2.24) is 15.2 Å². The number of aromatic amines is 1. The zero-order chi connectivity index (χ0) is 12.5. The van der Waals surface area contributed by atoms with Crippen LogP contribution < -0.4 is 5.32 Å². The third kappa shape index (κ3) is 1.95. The zero-order valence-electron chi connectivity index (χ0n) is 9.11. The molecular formula is C12H8BrFN4. The van der Waals surface area contributed by atoms with Crippen molar-refractivity contribution in [3.05, 3.63) is 46.8 Å². The molecule has 2 aromatic heterocycles. The van der Waals surface area contributed by atoms with Crippen LogP contribution in [0.25, 0.3) is 11.0 Å². The molecule has 0 bridgehead atoms. The van der Waals surface area contributed by atoms with Gasteiger partial charge in [-0.25, -0.2) is 4.39 Å². The smallest absolute Gasteiger partial charge is 0.178 e. The minimum absolute atomic E-state index is 0.326. The van der Waals surface area contributed by atoms with Crippen LogP contribution in [0.3, 0.4) is 0 Å². The highest BCUT2D eigenvalue weighted by Gasteiger charge is 2.07. The van der Waals surface area contributed by atoms with Gasteiger partial charge >= 0.3 is 0 Å². The Labute approximate surface area is 110 Å². The van der Waals surface area contributed by atoms with Gasteiger partial charge in [0.15, 0.2) is 5.82 Å². The van der Waals surface area contributed by atoms with E-state index < -0.39 is 0 Å². The van der Waals surface area contributed by atoms with Crippen LogP contribution >= 0.6 is 15.9 Å².